The summed E-state index contributed by atoms with van der Waals surface area (Å²) in [7, 11) is -4.25. The third kappa shape index (κ3) is 8.20. The van der Waals surface area contributed by atoms with Gasteiger partial charge in [-0.2, -0.15) is 0 Å². The fourth-order valence-electron chi connectivity index (χ4n) is 0.350. The molecule has 0 aliphatic carbocycles. The second-order valence-electron chi connectivity index (χ2n) is 1.63. The molecule has 0 aromatic carbocycles. The summed E-state index contributed by atoms with van der Waals surface area (Å²) in [5, 5.41) is 1.50. The molecule has 0 heterocycles. The first-order chi connectivity index (χ1) is 4.56. The van der Waals surface area contributed by atoms with E-state index in [0.29, 0.717) is 12.8 Å². The molecular formula is C4H9O4PS. The second kappa shape index (κ2) is 4.93. The number of unbranched alkanes of at least 4 members (excludes halogenated alkanes) is 1. The quantitative estimate of drug-likeness (QED) is 0.377. The maximum atomic E-state index is 10.0. The average Bonchev–Trinajstić information content (AvgIpc) is 1.78. The summed E-state index contributed by atoms with van der Waals surface area (Å²) >= 11 is 4.48. The number of hydrogen-bond acceptors (Lipinski definition) is 3. The van der Waals surface area contributed by atoms with Crippen LogP contribution in [0.1, 0.15) is 12.8 Å². The number of rotatable bonds is 5. The normalized spacial score (nSPS) is 11.4. The van der Waals surface area contributed by atoms with Gasteiger partial charge in [0, 0.05) is 0 Å². The summed E-state index contributed by atoms with van der Waals surface area (Å²) < 4.78 is 14.2. The standard InChI is InChI=1S/C4H9O4PS/c5-9(6,7)8-3-1-2-4-10/h4H,1-3H2,(H2,5,6,7). The zero-order valence-electron chi connectivity index (χ0n) is 5.27. The molecule has 0 aromatic heterocycles. The van der Waals surface area contributed by atoms with E-state index in [1.54, 1.807) is 0 Å². The average molecular weight is 184 g/mol. The van der Waals surface area contributed by atoms with Crippen molar-refractivity contribution in [2.24, 2.45) is 0 Å². The van der Waals surface area contributed by atoms with Gasteiger partial charge in [-0.3, -0.25) is 4.52 Å². The van der Waals surface area contributed by atoms with Crippen LogP contribution in [-0.4, -0.2) is 21.8 Å². The molecule has 4 nitrogen and oxygen atoms in total. The van der Waals surface area contributed by atoms with E-state index in [1.807, 2.05) is 0 Å². The highest BCUT2D eigenvalue weighted by molar-refractivity contribution is 7.78. The Hall–Kier alpha value is 0.200. The second-order valence-corrected chi connectivity index (χ2v) is 3.21. The molecule has 0 spiro atoms. The minimum atomic E-state index is -4.25. The van der Waals surface area contributed by atoms with Gasteiger partial charge in [0.1, 0.15) is 0 Å². The summed E-state index contributed by atoms with van der Waals surface area (Å²) in [5.41, 5.74) is 0. The van der Waals surface area contributed by atoms with Gasteiger partial charge in [-0.1, -0.05) is 12.2 Å². The molecule has 0 aliphatic rings. The van der Waals surface area contributed by atoms with Gasteiger partial charge in [-0.15, -0.1) is 0 Å². The van der Waals surface area contributed by atoms with Crippen molar-refractivity contribution >= 4 is 25.4 Å². The van der Waals surface area contributed by atoms with Gasteiger partial charge in [0.25, 0.3) is 0 Å². The van der Waals surface area contributed by atoms with E-state index in [4.69, 9.17) is 9.79 Å². The molecule has 0 radical (unpaired) electrons. The number of phosphoric acid groups is 1. The van der Waals surface area contributed by atoms with Crippen LogP contribution in [0.25, 0.3) is 0 Å². The molecule has 0 aromatic rings. The van der Waals surface area contributed by atoms with Crippen molar-refractivity contribution in [1.29, 1.82) is 0 Å². The van der Waals surface area contributed by atoms with Crippen LogP contribution < -0.4 is 0 Å². The Bertz CT molecular complexity index is 142. The molecule has 60 valence electrons. The third-order valence-electron chi connectivity index (χ3n) is 0.726. The molecule has 0 rings (SSSR count). The van der Waals surface area contributed by atoms with Gasteiger partial charge >= 0.3 is 7.82 Å². The van der Waals surface area contributed by atoms with Crippen molar-refractivity contribution in [3.8, 4) is 0 Å². The van der Waals surface area contributed by atoms with Gasteiger partial charge in [0.05, 0.1) is 6.61 Å². The van der Waals surface area contributed by atoms with E-state index in [9.17, 15) is 4.57 Å². The van der Waals surface area contributed by atoms with E-state index >= 15 is 0 Å². The first kappa shape index (κ1) is 10.2. The molecular weight excluding hydrogens is 175 g/mol. The Morgan fingerprint density at radius 2 is 2.20 bits per heavy atom. The Balaban J connectivity index is 3.20. The highest BCUT2D eigenvalue weighted by Gasteiger charge is 2.11. The smallest absolute Gasteiger partial charge is 0.303 e. The predicted octanol–water partition coefficient (Wildman–Crippen LogP) is 0.876. The van der Waals surface area contributed by atoms with E-state index in [0.717, 1.165) is 0 Å². The largest absolute Gasteiger partial charge is 0.469 e. The molecule has 0 atom stereocenters. The first-order valence-corrected chi connectivity index (χ1v) is 4.70. The highest BCUT2D eigenvalue weighted by Crippen LogP contribution is 2.35. The molecule has 2 N–H and O–H groups in total. The van der Waals surface area contributed by atoms with Gasteiger partial charge in [-0.25, -0.2) is 4.57 Å². The number of phosphoric ester groups is 1. The molecule has 0 saturated heterocycles. The summed E-state index contributed by atoms with van der Waals surface area (Å²) in [6.45, 7) is 0.0530. The van der Waals surface area contributed by atoms with Gasteiger partial charge < -0.3 is 9.79 Å². The van der Waals surface area contributed by atoms with Crippen molar-refractivity contribution in [2.45, 2.75) is 12.8 Å². The molecule has 0 amide bonds. The van der Waals surface area contributed by atoms with Crippen LogP contribution in [-0.2, 0) is 9.09 Å². The lowest BCUT2D eigenvalue weighted by molar-refractivity contribution is 0.196. The van der Waals surface area contributed by atoms with Crippen LogP contribution in [0.5, 0.6) is 0 Å². The topological polar surface area (TPSA) is 66.8 Å². The van der Waals surface area contributed by atoms with Crippen LogP contribution in [0.3, 0.4) is 0 Å². The Morgan fingerprint density at radius 3 is 2.60 bits per heavy atom. The van der Waals surface area contributed by atoms with Crippen LogP contribution in [0.15, 0.2) is 0 Å². The minimum absolute atomic E-state index is 0.0530. The Kier molecular flexibility index (Phi) is 5.03. The van der Waals surface area contributed by atoms with Gasteiger partial charge in [-0.05, 0) is 18.2 Å². The van der Waals surface area contributed by atoms with Crippen molar-refractivity contribution in [1.82, 2.24) is 0 Å². The number of thiocarbonyl (C=S) groups is 1. The lowest BCUT2D eigenvalue weighted by Crippen LogP contribution is -1.91. The fourth-order valence-corrected chi connectivity index (χ4v) is 0.884. The zero-order valence-corrected chi connectivity index (χ0v) is 6.98. The molecule has 0 aliphatic heterocycles. The lowest BCUT2D eigenvalue weighted by atomic mass is 10.4. The monoisotopic (exact) mass is 184 g/mol. The van der Waals surface area contributed by atoms with Crippen molar-refractivity contribution in [3.63, 3.8) is 0 Å². The molecule has 0 saturated carbocycles. The van der Waals surface area contributed by atoms with Crippen LogP contribution in [0.2, 0.25) is 0 Å². The molecule has 0 unspecified atom stereocenters. The lowest BCUT2D eigenvalue weighted by Gasteiger charge is -2.02. The highest BCUT2D eigenvalue weighted by atomic mass is 32.1. The van der Waals surface area contributed by atoms with Crippen molar-refractivity contribution < 1.29 is 18.9 Å². The molecule has 0 bridgehead atoms. The number of hydrogen-bond donors (Lipinski definition) is 2. The van der Waals surface area contributed by atoms with E-state index < -0.39 is 7.82 Å². The maximum absolute atomic E-state index is 10.0. The Morgan fingerprint density at radius 1 is 1.60 bits per heavy atom. The van der Waals surface area contributed by atoms with Crippen molar-refractivity contribution in [2.75, 3.05) is 6.61 Å². The van der Waals surface area contributed by atoms with Crippen LogP contribution >= 0.6 is 20.0 Å². The van der Waals surface area contributed by atoms with E-state index in [-0.39, 0.29) is 6.61 Å². The van der Waals surface area contributed by atoms with E-state index in [1.165, 1.54) is 5.37 Å². The van der Waals surface area contributed by atoms with Crippen LogP contribution in [0.4, 0.5) is 0 Å². The van der Waals surface area contributed by atoms with Crippen molar-refractivity contribution in [3.05, 3.63) is 0 Å². The molecule has 10 heavy (non-hydrogen) atoms. The molecule has 6 heteroatoms. The SMILES string of the molecule is O=P(O)(O)OCCCC=S. The maximum Gasteiger partial charge on any atom is 0.469 e. The van der Waals surface area contributed by atoms with E-state index in [2.05, 4.69) is 16.7 Å². The summed E-state index contributed by atoms with van der Waals surface area (Å²) in [5.74, 6) is 0. The predicted molar refractivity (Wildman–Crippen MR) is 40.9 cm³/mol. The minimum Gasteiger partial charge on any atom is -0.303 e. The van der Waals surface area contributed by atoms with Crippen LogP contribution in [0, 0.1) is 0 Å². The third-order valence-corrected chi connectivity index (χ3v) is 1.48. The summed E-state index contributed by atoms with van der Waals surface area (Å²) in [6.07, 6.45) is 1.18. The zero-order chi connectivity index (χ0) is 8.04. The van der Waals surface area contributed by atoms with Gasteiger partial charge in [0.15, 0.2) is 0 Å². The van der Waals surface area contributed by atoms with Gasteiger partial charge in [0.2, 0.25) is 0 Å². The first-order valence-electron chi connectivity index (χ1n) is 2.70. The molecule has 0 fully saturated rings. The fraction of sp³-hybridized carbons (Fsp3) is 0.750. The summed E-state index contributed by atoms with van der Waals surface area (Å²) in [6, 6.07) is 0. The Labute approximate surface area is 64.4 Å². The summed E-state index contributed by atoms with van der Waals surface area (Å²) in [4.78, 5) is 16.3.